The predicted octanol–water partition coefficient (Wildman–Crippen LogP) is 4.68. The van der Waals surface area contributed by atoms with Crippen LogP contribution < -0.4 is 0 Å². The fraction of sp³-hybridized carbons (Fsp3) is 0.895. The Kier molecular flexibility index (Phi) is 10.8. The van der Waals surface area contributed by atoms with E-state index in [9.17, 15) is 19.6 Å². The molecular formula is C19H35NO5. The van der Waals surface area contributed by atoms with Crippen LogP contribution in [0.1, 0.15) is 91.9 Å². The summed E-state index contributed by atoms with van der Waals surface area (Å²) in [4.78, 5) is 32.6. The molecule has 6 heteroatoms. The molecule has 0 aliphatic heterocycles. The molecule has 0 bridgehead atoms. The zero-order valence-corrected chi connectivity index (χ0v) is 16.2. The quantitative estimate of drug-likeness (QED) is 0.347. The van der Waals surface area contributed by atoms with Gasteiger partial charge in [0.1, 0.15) is 0 Å². The van der Waals surface area contributed by atoms with Gasteiger partial charge in [-0.15, -0.1) is 4.91 Å². The number of carbonyl (C=O) groups is 2. The zero-order chi connectivity index (χ0) is 19.5. The van der Waals surface area contributed by atoms with Crippen molar-refractivity contribution >= 4 is 11.9 Å². The van der Waals surface area contributed by atoms with Gasteiger partial charge in [0, 0.05) is 10.6 Å². The Hall–Kier alpha value is -1.30. The van der Waals surface area contributed by atoms with Crippen LogP contribution in [0.2, 0.25) is 0 Å². The Morgan fingerprint density at radius 2 is 1.28 bits per heavy atom. The standard InChI is InChI=1S/C19H35NO5/c1-18(2,16(22)20-25)13-9-5-7-11-15(21)12-8-6-10-14-19(3,4)17(23)24/h15,21H,5-14H2,1-4H3,(H,23,24). The molecule has 6 nitrogen and oxygen atoms in total. The molecule has 0 saturated carbocycles. The van der Waals surface area contributed by atoms with E-state index in [4.69, 9.17) is 5.11 Å². The molecule has 1 atom stereocenters. The van der Waals surface area contributed by atoms with E-state index in [0.29, 0.717) is 12.8 Å². The molecule has 0 aromatic carbocycles. The van der Waals surface area contributed by atoms with E-state index in [2.05, 4.69) is 5.18 Å². The van der Waals surface area contributed by atoms with Crippen molar-refractivity contribution in [3.8, 4) is 0 Å². The topological polar surface area (TPSA) is 104 Å². The highest BCUT2D eigenvalue weighted by atomic mass is 16.4. The largest absolute Gasteiger partial charge is 0.481 e. The summed E-state index contributed by atoms with van der Waals surface area (Å²) in [6.45, 7) is 6.95. The van der Waals surface area contributed by atoms with Gasteiger partial charge in [0.15, 0.2) is 0 Å². The molecule has 0 aliphatic carbocycles. The first-order valence-electron chi connectivity index (χ1n) is 9.32. The minimum Gasteiger partial charge on any atom is -0.481 e. The highest BCUT2D eigenvalue weighted by molar-refractivity contribution is 5.82. The van der Waals surface area contributed by atoms with Gasteiger partial charge in [-0.1, -0.05) is 52.4 Å². The number of carboxylic acid groups (broad SMARTS) is 1. The van der Waals surface area contributed by atoms with Gasteiger partial charge in [-0.05, 0) is 39.5 Å². The zero-order valence-electron chi connectivity index (χ0n) is 16.2. The van der Waals surface area contributed by atoms with Crippen LogP contribution in [0, 0.1) is 15.7 Å². The molecular weight excluding hydrogens is 322 g/mol. The van der Waals surface area contributed by atoms with Crippen LogP contribution >= 0.6 is 0 Å². The molecule has 2 N–H and O–H groups in total. The van der Waals surface area contributed by atoms with Gasteiger partial charge in [0.2, 0.25) is 0 Å². The van der Waals surface area contributed by atoms with Crippen molar-refractivity contribution in [2.45, 2.75) is 98.0 Å². The summed E-state index contributed by atoms with van der Waals surface area (Å²) in [7, 11) is 0. The summed E-state index contributed by atoms with van der Waals surface area (Å²) < 4.78 is 0. The average molecular weight is 357 g/mol. The third-order valence-electron chi connectivity index (χ3n) is 4.92. The molecule has 0 radical (unpaired) electrons. The molecule has 0 rings (SSSR count). The number of hydrogen-bond donors (Lipinski definition) is 2. The number of aliphatic hydroxyl groups excluding tert-OH is 1. The summed E-state index contributed by atoms with van der Waals surface area (Å²) in [6.07, 6.45) is 7.80. The highest BCUT2D eigenvalue weighted by Crippen LogP contribution is 2.26. The van der Waals surface area contributed by atoms with Crippen molar-refractivity contribution in [2.24, 2.45) is 16.0 Å². The first kappa shape index (κ1) is 23.7. The lowest BCUT2D eigenvalue weighted by Crippen LogP contribution is -2.23. The first-order valence-corrected chi connectivity index (χ1v) is 9.32. The lowest BCUT2D eigenvalue weighted by molar-refractivity contribution is -0.147. The van der Waals surface area contributed by atoms with Crippen LogP contribution in [-0.4, -0.2) is 28.2 Å². The van der Waals surface area contributed by atoms with Crippen LogP contribution in [0.15, 0.2) is 5.18 Å². The lowest BCUT2D eigenvalue weighted by Gasteiger charge is -2.19. The van der Waals surface area contributed by atoms with Gasteiger partial charge in [0.25, 0.3) is 5.91 Å². The number of amides is 1. The summed E-state index contributed by atoms with van der Waals surface area (Å²) in [5.41, 5.74) is -1.36. The summed E-state index contributed by atoms with van der Waals surface area (Å²) >= 11 is 0. The van der Waals surface area contributed by atoms with E-state index < -0.39 is 22.7 Å². The van der Waals surface area contributed by atoms with E-state index in [-0.39, 0.29) is 6.10 Å². The molecule has 146 valence electrons. The number of unbranched alkanes of at least 4 members (excludes halogenated alkanes) is 4. The monoisotopic (exact) mass is 357 g/mol. The third-order valence-corrected chi connectivity index (χ3v) is 4.92. The lowest BCUT2D eigenvalue weighted by atomic mass is 9.86. The van der Waals surface area contributed by atoms with Crippen molar-refractivity contribution in [3.63, 3.8) is 0 Å². The van der Waals surface area contributed by atoms with E-state index in [1.807, 2.05) is 0 Å². The number of rotatable bonds is 14. The molecule has 0 aromatic heterocycles. The first-order chi connectivity index (χ1) is 11.5. The van der Waals surface area contributed by atoms with Crippen molar-refractivity contribution < 1.29 is 19.8 Å². The maximum absolute atomic E-state index is 11.3. The fourth-order valence-corrected chi connectivity index (χ4v) is 2.73. The SMILES string of the molecule is CC(C)(CCCCCC(O)CCCCCC(C)(C)C(=O)N=O)C(=O)O. The number of nitroso groups, excluding NO2 is 1. The normalized spacial score (nSPS) is 13.5. The fourth-order valence-electron chi connectivity index (χ4n) is 2.73. The Morgan fingerprint density at radius 3 is 1.68 bits per heavy atom. The number of aliphatic carboxylic acids is 1. The van der Waals surface area contributed by atoms with E-state index in [1.54, 1.807) is 27.7 Å². The van der Waals surface area contributed by atoms with Crippen LogP contribution in [-0.2, 0) is 9.59 Å². The van der Waals surface area contributed by atoms with Gasteiger partial charge < -0.3 is 10.2 Å². The maximum atomic E-state index is 11.3. The minimum absolute atomic E-state index is 0.321. The molecule has 25 heavy (non-hydrogen) atoms. The molecule has 0 aliphatic rings. The van der Waals surface area contributed by atoms with Crippen molar-refractivity contribution in [1.82, 2.24) is 0 Å². The number of aliphatic hydroxyl groups is 1. The highest BCUT2D eigenvalue weighted by Gasteiger charge is 2.28. The number of carboxylic acids is 1. The van der Waals surface area contributed by atoms with E-state index in [0.717, 1.165) is 51.4 Å². The Labute approximate surface area is 151 Å². The van der Waals surface area contributed by atoms with Crippen molar-refractivity contribution in [3.05, 3.63) is 4.91 Å². The van der Waals surface area contributed by atoms with Gasteiger partial charge in [-0.3, -0.25) is 9.59 Å². The minimum atomic E-state index is -0.763. The molecule has 0 heterocycles. The van der Waals surface area contributed by atoms with Crippen LogP contribution in [0.25, 0.3) is 0 Å². The van der Waals surface area contributed by atoms with E-state index >= 15 is 0 Å². The molecule has 0 aromatic rings. The summed E-state index contributed by atoms with van der Waals surface area (Å²) in [6, 6.07) is 0. The Bertz CT molecular complexity index is 432. The predicted molar refractivity (Wildman–Crippen MR) is 98.2 cm³/mol. The smallest absolute Gasteiger partial charge is 0.309 e. The summed E-state index contributed by atoms with van der Waals surface area (Å²) in [5.74, 6) is -1.36. The Balaban J connectivity index is 3.69. The molecule has 0 saturated heterocycles. The second-order valence-corrected chi connectivity index (χ2v) is 8.32. The molecule has 1 amide bonds. The maximum Gasteiger partial charge on any atom is 0.309 e. The number of hydrogen-bond acceptors (Lipinski definition) is 4. The van der Waals surface area contributed by atoms with Crippen LogP contribution in [0.3, 0.4) is 0 Å². The summed E-state index contributed by atoms with van der Waals surface area (Å²) in [5, 5.41) is 21.5. The van der Waals surface area contributed by atoms with Gasteiger partial charge in [0.05, 0.1) is 11.5 Å². The van der Waals surface area contributed by atoms with Crippen molar-refractivity contribution in [2.75, 3.05) is 0 Å². The second-order valence-electron chi connectivity index (χ2n) is 8.32. The Morgan fingerprint density at radius 1 is 0.840 bits per heavy atom. The molecule has 0 spiro atoms. The van der Waals surface area contributed by atoms with Gasteiger partial charge >= 0.3 is 5.97 Å². The molecule has 1 unspecified atom stereocenters. The third kappa shape index (κ3) is 10.3. The average Bonchev–Trinajstić information content (AvgIpc) is 2.52. The van der Waals surface area contributed by atoms with E-state index in [1.165, 1.54) is 0 Å². The van der Waals surface area contributed by atoms with Gasteiger partial charge in [-0.2, -0.15) is 0 Å². The van der Waals surface area contributed by atoms with Crippen molar-refractivity contribution in [1.29, 1.82) is 0 Å². The molecule has 0 fully saturated rings. The number of nitrogens with zero attached hydrogens (tertiary/aromatic N) is 1. The number of carbonyl (C=O) groups excluding carboxylic acids is 1. The van der Waals surface area contributed by atoms with Crippen LogP contribution in [0.4, 0.5) is 0 Å². The van der Waals surface area contributed by atoms with Crippen LogP contribution in [0.5, 0.6) is 0 Å². The van der Waals surface area contributed by atoms with Gasteiger partial charge in [-0.25, -0.2) is 0 Å². The second kappa shape index (κ2) is 11.3.